The van der Waals surface area contributed by atoms with E-state index in [9.17, 15) is 9.59 Å². The fourth-order valence-corrected chi connectivity index (χ4v) is 4.29. The van der Waals surface area contributed by atoms with Crippen LogP contribution in [0.4, 0.5) is 16.3 Å². The predicted octanol–water partition coefficient (Wildman–Crippen LogP) is 3.61. The Morgan fingerprint density at radius 3 is 2.73 bits per heavy atom. The lowest BCUT2D eigenvalue weighted by Crippen LogP contribution is -2.36. The zero-order valence-corrected chi connectivity index (χ0v) is 22.3. The number of fused-ring (bicyclic) bond motifs is 3. The van der Waals surface area contributed by atoms with Crippen molar-refractivity contribution in [2.75, 3.05) is 30.9 Å². The number of anilines is 2. The SMILES string of the molecule is COc1ccc(COC[C@H](C)NC(=O)c2cnn3c4c(c(Cl)nc23)CCN4C(=O)OC(C)(C)C)cc1N. The summed E-state index contributed by atoms with van der Waals surface area (Å²) in [5.41, 5.74) is 7.85. The van der Waals surface area contributed by atoms with E-state index in [1.165, 1.54) is 15.6 Å². The summed E-state index contributed by atoms with van der Waals surface area (Å²) in [6.45, 7) is 8.19. The maximum Gasteiger partial charge on any atom is 0.416 e. The van der Waals surface area contributed by atoms with Crippen molar-refractivity contribution in [1.29, 1.82) is 0 Å². The van der Waals surface area contributed by atoms with Gasteiger partial charge in [-0.2, -0.15) is 9.61 Å². The van der Waals surface area contributed by atoms with Gasteiger partial charge in [0.25, 0.3) is 5.91 Å². The van der Waals surface area contributed by atoms with Crippen LogP contribution in [-0.4, -0.2) is 58.5 Å². The van der Waals surface area contributed by atoms with Crippen LogP contribution in [0, 0.1) is 0 Å². The van der Waals surface area contributed by atoms with Gasteiger partial charge in [0.1, 0.15) is 27.9 Å². The number of ether oxygens (including phenoxy) is 3. The lowest BCUT2D eigenvalue weighted by Gasteiger charge is -2.24. The van der Waals surface area contributed by atoms with Crippen molar-refractivity contribution >= 4 is 40.8 Å². The Hall–Kier alpha value is -3.57. The number of methoxy groups -OCH3 is 1. The van der Waals surface area contributed by atoms with Gasteiger partial charge >= 0.3 is 6.09 Å². The van der Waals surface area contributed by atoms with Crippen LogP contribution in [0.2, 0.25) is 5.15 Å². The van der Waals surface area contributed by atoms with Gasteiger partial charge in [-0.25, -0.2) is 9.78 Å². The van der Waals surface area contributed by atoms with Gasteiger partial charge in [0.05, 0.1) is 32.2 Å². The van der Waals surface area contributed by atoms with Gasteiger partial charge in [-0.05, 0) is 51.8 Å². The fraction of sp³-hybridized carbons (Fsp3) is 0.440. The highest BCUT2D eigenvalue weighted by molar-refractivity contribution is 6.31. The summed E-state index contributed by atoms with van der Waals surface area (Å²) in [4.78, 5) is 31.7. The number of carbonyl (C=O) groups is 2. The quantitative estimate of drug-likeness (QED) is 0.349. The predicted molar refractivity (Wildman–Crippen MR) is 139 cm³/mol. The van der Waals surface area contributed by atoms with Gasteiger partial charge in [0, 0.05) is 18.2 Å². The summed E-state index contributed by atoms with van der Waals surface area (Å²) in [6.07, 6.45) is 1.40. The van der Waals surface area contributed by atoms with Crippen LogP contribution in [0.5, 0.6) is 5.75 Å². The zero-order chi connectivity index (χ0) is 26.9. The Kier molecular flexibility index (Phi) is 7.47. The number of nitrogens with two attached hydrogens (primary N) is 1. The first-order valence-electron chi connectivity index (χ1n) is 11.9. The van der Waals surface area contributed by atoms with Gasteiger partial charge in [0.2, 0.25) is 0 Å². The molecule has 3 N–H and O–H groups in total. The van der Waals surface area contributed by atoms with E-state index in [0.717, 1.165) is 5.56 Å². The number of nitrogens with one attached hydrogen (secondary N) is 1. The second-order valence-electron chi connectivity index (χ2n) is 9.85. The van der Waals surface area contributed by atoms with Crippen molar-refractivity contribution in [3.8, 4) is 5.75 Å². The molecular weight excluding hydrogens is 500 g/mol. The molecule has 0 fully saturated rings. The van der Waals surface area contributed by atoms with Crippen molar-refractivity contribution in [3.05, 3.63) is 46.2 Å². The lowest BCUT2D eigenvalue weighted by atomic mass is 10.2. The van der Waals surface area contributed by atoms with Crippen molar-refractivity contribution in [2.24, 2.45) is 0 Å². The van der Waals surface area contributed by atoms with Gasteiger partial charge in [-0.3, -0.25) is 9.69 Å². The Morgan fingerprint density at radius 1 is 1.30 bits per heavy atom. The van der Waals surface area contributed by atoms with Gasteiger partial charge in [-0.1, -0.05) is 17.7 Å². The molecule has 0 unspecified atom stereocenters. The van der Waals surface area contributed by atoms with E-state index in [0.29, 0.717) is 42.4 Å². The molecule has 1 aromatic carbocycles. The van der Waals surface area contributed by atoms with Crippen LogP contribution in [-0.2, 0) is 22.5 Å². The molecule has 11 nitrogen and oxygen atoms in total. The van der Waals surface area contributed by atoms with E-state index in [1.807, 2.05) is 13.0 Å². The average molecular weight is 531 g/mol. The highest BCUT2D eigenvalue weighted by atomic mass is 35.5. The zero-order valence-electron chi connectivity index (χ0n) is 21.5. The van der Waals surface area contributed by atoms with Crippen molar-refractivity contribution in [3.63, 3.8) is 0 Å². The molecule has 1 aliphatic heterocycles. The summed E-state index contributed by atoms with van der Waals surface area (Å²) < 4.78 is 17.9. The Balaban J connectivity index is 1.45. The summed E-state index contributed by atoms with van der Waals surface area (Å²) >= 11 is 6.45. The highest BCUT2D eigenvalue weighted by Gasteiger charge is 2.34. The summed E-state index contributed by atoms with van der Waals surface area (Å²) in [7, 11) is 1.56. The van der Waals surface area contributed by atoms with Gasteiger partial charge in [-0.15, -0.1) is 0 Å². The maximum absolute atomic E-state index is 13.1. The molecule has 4 rings (SSSR count). The molecule has 37 heavy (non-hydrogen) atoms. The van der Waals surface area contributed by atoms with Crippen LogP contribution in [0.3, 0.4) is 0 Å². The molecule has 0 radical (unpaired) electrons. The van der Waals surface area contributed by atoms with Crippen LogP contribution in [0.15, 0.2) is 24.4 Å². The van der Waals surface area contributed by atoms with Gasteiger partial charge < -0.3 is 25.3 Å². The number of carbonyl (C=O) groups excluding carboxylic acids is 2. The largest absolute Gasteiger partial charge is 0.495 e. The third-order valence-corrected chi connectivity index (χ3v) is 5.99. The summed E-state index contributed by atoms with van der Waals surface area (Å²) in [6, 6.07) is 5.13. The number of hydrogen-bond donors (Lipinski definition) is 2. The highest BCUT2D eigenvalue weighted by Crippen LogP contribution is 2.34. The van der Waals surface area contributed by atoms with E-state index >= 15 is 0 Å². The van der Waals surface area contributed by atoms with Crippen molar-refractivity contribution in [2.45, 2.75) is 52.4 Å². The number of nitrogens with zero attached hydrogens (tertiary/aromatic N) is 4. The molecule has 0 spiro atoms. The lowest BCUT2D eigenvalue weighted by molar-refractivity contribution is 0.0582. The molecule has 2 aromatic heterocycles. The monoisotopic (exact) mass is 530 g/mol. The number of nitrogen functional groups attached to an aromatic ring is 1. The van der Waals surface area contributed by atoms with Crippen LogP contribution < -0.4 is 20.7 Å². The average Bonchev–Trinajstić information content (AvgIpc) is 3.43. The van der Waals surface area contributed by atoms with E-state index < -0.39 is 11.7 Å². The third-order valence-electron chi connectivity index (χ3n) is 5.68. The molecule has 1 atom stereocenters. The van der Waals surface area contributed by atoms with E-state index in [1.54, 1.807) is 40.0 Å². The number of benzene rings is 1. The molecule has 2 amide bonds. The van der Waals surface area contributed by atoms with Crippen molar-refractivity contribution in [1.82, 2.24) is 19.9 Å². The summed E-state index contributed by atoms with van der Waals surface area (Å²) in [5, 5.41) is 7.46. The van der Waals surface area contributed by atoms with Gasteiger partial charge in [0.15, 0.2) is 5.65 Å². The Bertz CT molecular complexity index is 1340. The normalized spacial score (nSPS) is 13.9. The molecule has 3 heterocycles. The molecule has 0 saturated carbocycles. The van der Waals surface area contributed by atoms with Crippen molar-refractivity contribution < 1.29 is 23.8 Å². The number of amides is 2. The first-order valence-corrected chi connectivity index (χ1v) is 12.2. The maximum atomic E-state index is 13.1. The van der Waals surface area contributed by atoms with E-state index in [4.69, 9.17) is 31.5 Å². The first-order chi connectivity index (χ1) is 17.5. The number of hydrogen-bond acceptors (Lipinski definition) is 8. The van der Waals surface area contributed by atoms with E-state index in [2.05, 4.69) is 15.4 Å². The topological polar surface area (TPSA) is 133 Å². The van der Waals surface area contributed by atoms with Crippen LogP contribution >= 0.6 is 11.6 Å². The number of aromatic nitrogens is 3. The second kappa shape index (κ2) is 10.4. The minimum Gasteiger partial charge on any atom is -0.495 e. The molecule has 198 valence electrons. The third kappa shape index (κ3) is 5.72. The standard InChI is InChI=1S/C25H31ClN6O5/c1-14(12-36-13-15-6-7-19(35-5)18(27)10-15)29-22(33)17-11-28-32-21(17)30-20(26)16-8-9-31(23(16)32)24(34)37-25(2,3)4/h6-7,10-11,14H,8-9,12-13,27H2,1-5H3,(H,29,33)/t14-/m0/s1. The molecule has 12 heteroatoms. The Labute approximate surface area is 219 Å². The second-order valence-corrected chi connectivity index (χ2v) is 10.2. The minimum atomic E-state index is -0.664. The molecular formula is C25H31ClN6O5. The molecule has 1 aliphatic rings. The number of halogens is 1. The molecule has 0 aliphatic carbocycles. The van der Waals surface area contributed by atoms with Crippen LogP contribution in [0.1, 0.15) is 49.2 Å². The molecule has 0 bridgehead atoms. The van der Waals surface area contributed by atoms with Crippen LogP contribution in [0.25, 0.3) is 5.65 Å². The smallest absolute Gasteiger partial charge is 0.416 e. The Morgan fingerprint density at radius 2 is 2.05 bits per heavy atom. The summed E-state index contributed by atoms with van der Waals surface area (Å²) in [5.74, 6) is 0.676. The van der Waals surface area contributed by atoms with E-state index in [-0.39, 0.29) is 34.9 Å². The fourth-order valence-electron chi connectivity index (χ4n) is 4.03. The number of rotatable bonds is 7. The minimum absolute atomic E-state index is 0.221. The molecule has 3 aromatic rings. The molecule has 0 saturated heterocycles. The first kappa shape index (κ1) is 26.5.